The summed E-state index contributed by atoms with van der Waals surface area (Å²) in [4.78, 5) is 11.5. The van der Waals surface area contributed by atoms with E-state index in [0.717, 1.165) is 6.42 Å². The number of hydrogen-bond acceptors (Lipinski definition) is 3. The number of carbonyl (C=O) groups excluding carboxylic acids is 1. The van der Waals surface area contributed by atoms with E-state index in [9.17, 15) is 4.79 Å². The Kier molecular flexibility index (Phi) is 5.86. The third kappa shape index (κ3) is 4.88. The largest absolute Gasteiger partial charge is 0.463 e. The molecule has 2 atom stereocenters. The number of hydrogen-bond donors (Lipinski definition) is 1. The Bertz CT molecular complexity index is 360. The molecule has 18 heavy (non-hydrogen) atoms. The molecule has 1 rings (SSSR count). The SMILES string of the molecule is CC(C)OC(=O)CCC(c1ccccc1)C(C)N. The molecule has 0 saturated carbocycles. The molecule has 3 heteroatoms. The van der Waals surface area contributed by atoms with Gasteiger partial charge >= 0.3 is 5.97 Å². The van der Waals surface area contributed by atoms with Crippen molar-refractivity contribution in [2.45, 2.75) is 51.7 Å². The lowest BCUT2D eigenvalue weighted by molar-refractivity contribution is -0.147. The second-order valence-electron chi connectivity index (χ2n) is 4.95. The van der Waals surface area contributed by atoms with Crippen LogP contribution in [0.15, 0.2) is 30.3 Å². The summed E-state index contributed by atoms with van der Waals surface area (Å²) < 4.78 is 5.14. The van der Waals surface area contributed by atoms with Crippen LogP contribution in [0.4, 0.5) is 0 Å². The lowest BCUT2D eigenvalue weighted by atomic mass is 9.89. The fraction of sp³-hybridized carbons (Fsp3) is 0.533. The van der Waals surface area contributed by atoms with Crippen LogP contribution in [0.2, 0.25) is 0 Å². The van der Waals surface area contributed by atoms with E-state index >= 15 is 0 Å². The Morgan fingerprint density at radius 1 is 1.22 bits per heavy atom. The van der Waals surface area contributed by atoms with Crippen molar-refractivity contribution in [2.75, 3.05) is 0 Å². The van der Waals surface area contributed by atoms with Crippen LogP contribution in [0.1, 0.15) is 45.1 Å². The van der Waals surface area contributed by atoms with Gasteiger partial charge in [0.2, 0.25) is 0 Å². The molecule has 0 saturated heterocycles. The number of esters is 1. The highest BCUT2D eigenvalue weighted by atomic mass is 16.5. The lowest BCUT2D eigenvalue weighted by Crippen LogP contribution is -2.25. The van der Waals surface area contributed by atoms with Gasteiger partial charge in [-0.2, -0.15) is 0 Å². The van der Waals surface area contributed by atoms with Gasteiger partial charge in [0.1, 0.15) is 0 Å². The highest BCUT2D eigenvalue weighted by molar-refractivity contribution is 5.69. The van der Waals surface area contributed by atoms with E-state index in [1.165, 1.54) is 5.56 Å². The number of rotatable bonds is 6. The Morgan fingerprint density at radius 3 is 2.33 bits per heavy atom. The van der Waals surface area contributed by atoms with E-state index in [0.29, 0.717) is 6.42 Å². The Hall–Kier alpha value is -1.35. The molecule has 0 aromatic heterocycles. The minimum absolute atomic E-state index is 0.0271. The highest BCUT2D eigenvalue weighted by Gasteiger charge is 2.18. The van der Waals surface area contributed by atoms with Crippen molar-refractivity contribution < 1.29 is 9.53 Å². The van der Waals surface area contributed by atoms with Gasteiger partial charge in [-0.05, 0) is 38.7 Å². The molecule has 0 heterocycles. The third-order valence-electron chi connectivity index (χ3n) is 2.89. The standard InChI is InChI=1S/C15H23NO2/c1-11(2)18-15(17)10-9-14(12(3)16)13-7-5-4-6-8-13/h4-8,11-12,14H,9-10,16H2,1-3H3. The van der Waals surface area contributed by atoms with Crippen LogP contribution < -0.4 is 5.73 Å². The molecule has 100 valence electrons. The van der Waals surface area contributed by atoms with Crippen LogP contribution in [0.3, 0.4) is 0 Å². The Balaban J connectivity index is 2.57. The topological polar surface area (TPSA) is 52.3 Å². The van der Waals surface area contributed by atoms with E-state index in [1.807, 2.05) is 39.0 Å². The molecule has 0 spiro atoms. The van der Waals surface area contributed by atoms with Gasteiger partial charge in [0.25, 0.3) is 0 Å². The van der Waals surface area contributed by atoms with Crippen molar-refractivity contribution in [3.63, 3.8) is 0 Å². The van der Waals surface area contributed by atoms with Crippen LogP contribution >= 0.6 is 0 Å². The Morgan fingerprint density at radius 2 is 1.83 bits per heavy atom. The van der Waals surface area contributed by atoms with Crippen molar-refractivity contribution in [1.29, 1.82) is 0 Å². The summed E-state index contributed by atoms with van der Waals surface area (Å²) >= 11 is 0. The maximum Gasteiger partial charge on any atom is 0.306 e. The summed E-state index contributed by atoms with van der Waals surface area (Å²) in [6.07, 6.45) is 1.09. The van der Waals surface area contributed by atoms with Crippen molar-refractivity contribution in [2.24, 2.45) is 5.73 Å². The molecule has 2 N–H and O–H groups in total. The first-order valence-electron chi connectivity index (χ1n) is 6.50. The molecule has 0 amide bonds. The zero-order valence-electron chi connectivity index (χ0n) is 11.4. The molecule has 0 aliphatic heterocycles. The molecule has 0 aliphatic carbocycles. The number of benzene rings is 1. The van der Waals surface area contributed by atoms with Gasteiger partial charge < -0.3 is 10.5 Å². The van der Waals surface area contributed by atoms with E-state index < -0.39 is 0 Å². The molecule has 2 unspecified atom stereocenters. The Labute approximate surface area is 109 Å². The molecule has 3 nitrogen and oxygen atoms in total. The maximum atomic E-state index is 11.5. The fourth-order valence-corrected chi connectivity index (χ4v) is 2.03. The molecule has 0 bridgehead atoms. The summed E-state index contributed by atoms with van der Waals surface area (Å²) in [6, 6.07) is 10.1. The minimum Gasteiger partial charge on any atom is -0.463 e. The van der Waals surface area contributed by atoms with Gasteiger partial charge in [-0.1, -0.05) is 30.3 Å². The summed E-state index contributed by atoms with van der Waals surface area (Å²) in [7, 11) is 0. The monoisotopic (exact) mass is 249 g/mol. The summed E-state index contributed by atoms with van der Waals surface area (Å²) in [5, 5.41) is 0. The smallest absolute Gasteiger partial charge is 0.306 e. The van der Waals surface area contributed by atoms with Crippen LogP contribution in [0.25, 0.3) is 0 Å². The average Bonchev–Trinajstić information content (AvgIpc) is 2.29. The summed E-state index contributed by atoms with van der Waals surface area (Å²) in [5.41, 5.74) is 7.19. The zero-order valence-corrected chi connectivity index (χ0v) is 11.4. The quantitative estimate of drug-likeness (QED) is 0.789. The summed E-state index contributed by atoms with van der Waals surface area (Å²) in [5.74, 6) is 0.0532. The molecule has 0 fully saturated rings. The van der Waals surface area contributed by atoms with Crippen molar-refractivity contribution in [3.8, 4) is 0 Å². The van der Waals surface area contributed by atoms with Gasteiger partial charge in [-0.3, -0.25) is 4.79 Å². The predicted octanol–water partition coefficient (Wildman–Crippen LogP) is 2.85. The van der Waals surface area contributed by atoms with Crippen LogP contribution in [-0.4, -0.2) is 18.1 Å². The second kappa shape index (κ2) is 7.17. The number of carbonyl (C=O) groups is 1. The van der Waals surface area contributed by atoms with Crippen LogP contribution in [0, 0.1) is 0 Å². The van der Waals surface area contributed by atoms with E-state index in [-0.39, 0.29) is 24.0 Å². The second-order valence-corrected chi connectivity index (χ2v) is 4.95. The van der Waals surface area contributed by atoms with Gasteiger partial charge in [-0.25, -0.2) is 0 Å². The van der Waals surface area contributed by atoms with Gasteiger partial charge in [0.05, 0.1) is 6.10 Å². The van der Waals surface area contributed by atoms with Crippen molar-refractivity contribution in [3.05, 3.63) is 35.9 Å². The molecular weight excluding hydrogens is 226 g/mol. The molecule has 1 aromatic carbocycles. The molecule has 0 aliphatic rings. The first kappa shape index (κ1) is 14.7. The van der Waals surface area contributed by atoms with E-state index in [1.54, 1.807) is 0 Å². The van der Waals surface area contributed by atoms with E-state index in [4.69, 9.17) is 10.5 Å². The first-order valence-corrected chi connectivity index (χ1v) is 6.50. The van der Waals surface area contributed by atoms with Crippen LogP contribution in [0.5, 0.6) is 0 Å². The zero-order chi connectivity index (χ0) is 13.5. The number of ether oxygens (including phenoxy) is 1. The van der Waals surface area contributed by atoms with Crippen molar-refractivity contribution >= 4 is 5.97 Å². The molecule has 0 radical (unpaired) electrons. The highest BCUT2D eigenvalue weighted by Crippen LogP contribution is 2.24. The fourth-order valence-electron chi connectivity index (χ4n) is 2.03. The van der Waals surface area contributed by atoms with Gasteiger partial charge in [-0.15, -0.1) is 0 Å². The third-order valence-corrected chi connectivity index (χ3v) is 2.89. The summed E-state index contributed by atoms with van der Waals surface area (Å²) in [6.45, 7) is 5.70. The van der Waals surface area contributed by atoms with Gasteiger partial charge in [0.15, 0.2) is 0 Å². The maximum absolute atomic E-state index is 11.5. The van der Waals surface area contributed by atoms with E-state index in [2.05, 4.69) is 12.1 Å². The van der Waals surface area contributed by atoms with Gasteiger partial charge in [0, 0.05) is 12.5 Å². The molecular formula is C15H23NO2. The lowest BCUT2D eigenvalue weighted by Gasteiger charge is -2.21. The predicted molar refractivity (Wildman–Crippen MR) is 73.3 cm³/mol. The van der Waals surface area contributed by atoms with Crippen LogP contribution in [-0.2, 0) is 9.53 Å². The average molecular weight is 249 g/mol. The first-order chi connectivity index (χ1) is 8.50. The number of nitrogens with two attached hydrogens (primary N) is 1. The molecule has 1 aromatic rings. The normalized spacial score (nSPS) is 14.3. The van der Waals surface area contributed by atoms with Crippen molar-refractivity contribution in [1.82, 2.24) is 0 Å². The minimum atomic E-state index is -0.147.